The molecule has 0 atom stereocenters. The molecule has 1 N–H and O–H groups in total. The molecule has 2 aromatic carbocycles. The summed E-state index contributed by atoms with van der Waals surface area (Å²) in [6.07, 6.45) is 4.46. The summed E-state index contributed by atoms with van der Waals surface area (Å²) < 4.78 is 7.23. The molecule has 152 valence electrons. The standard InChI is InChI=1S/C23H22N4O2S/c1-3-16-8-10-17(11-9-16)25-22(28)15-30-23-20-14-19(26-27(20)13-12-24-23)18-6-4-5-7-21(18)29-2/h4-14H,3,15H2,1-2H3,(H,25,28). The van der Waals surface area contributed by atoms with Gasteiger partial charge in [0, 0.05) is 23.6 Å². The lowest BCUT2D eigenvalue weighted by atomic mass is 10.1. The number of nitrogens with one attached hydrogen (secondary N) is 1. The molecule has 1 amide bonds. The summed E-state index contributed by atoms with van der Waals surface area (Å²) in [5.74, 6) is 0.950. The summed E-state index contributed by atoms with van der Waals surface area (Å²) in [6, 6.07) is 17.6. The van der Waals surface area contributed by atoms with Crippen LogP contribution in [0.2, 0.25) is 0 Å². The number of rotatable bonds is 7. The van der Waals surface area contributed by atoms with Gasteiger partial charge in [0.1, 0.15) is 10.8 Å². The fourth-order valence-electron chi connectivity index (χ4n) is 3.15. The zero-order chi connectivity index (χ0) is 20.9. The summed E-state index contributed by atoms with van der Waals surface area (Å²) in [5, 5.41) is 8.33. The number of aromatic nitrogens is 3. The number of thioether (sulfide) groups is 1. The minimum atomic E-state index is -0.0717. The summed E-state index contributed by atoms with van der Waals surface area (Å²) in [6.45, 7) is 2.10. The van der Waals surface area contributed by atoms with Crippen LogP contribution in [0, 0.1) is 0 Å². The van der Waals surface area contributed by atoms with Crippen molar-refractivity contribution >= 4 is 28.9 Å². The summed E-state index contributed by atoms with van der Waals surface area (Å²) in [7, 11) is 1.64. The molecule has 0 unspecified atom stereocenters. The highest BCUT2D eigenvalue weighted by Gasteiger charge is 2.13. The molecule has 0 saturated heterocycles. The van der Waals surface area contributed by atoms with Crippen molar-refractivity contribution in [3.63, 3.8) is 0 Å². The van der Waals surface area contributed by atoms with Crippen LogP contribution in [0.5, 0.6) is 5.75 Å². The Bertz CT molecular complexity index is 1170. The van der Waals surface area contributed by atoms with Crippen molar-refractivity contribution in [3.05, 3.63) is 72.6 Å². The summed E-state index contributed by atoms with van der Waals surface area (Å²) in [4.78, 5) is 16.8. The smallest absolute Gasteiger partial charge is 0.234 e. The third-order valence-corrected chi connectivity index (χ3v) is 5.72. The number of anilines is 1. The number of hydrogen-bond acceptors (Lipinski definition) is 5. The van der Waals surface area contributed by atoms with Crippen LogP contribution in [0.4, 0.5) is 5.69 Å². The molecule has 0 aliphatic carbocycles. The molecule has 30 heavy (non-hydrogen) atoms. The number of nitrogens with zero attached hydrogens (tertiary/aromatic N) is 3. The lowest BCUT2D eigenvalue weighted by Crippen LogP contribution is -2.14. The number of carbonyl (C=O) groups is 1. The SMILES string of the molecule is CCc1ccc(NC(=O)CSc2nccn3nc(-c4ccccc4OC)cc23)cc1. The number of benzene rings is 2. The highest BCUT2D eigenvalue weighted by molar-refractivity contribution is 8.00. The van der Waals surface area contributed by atoms with Gasteiger partial charge in [-0.1, -0.05) is 43.0 Å². The van der Waals surface area contributed by atoms with Crippen LogP contribution in [0.25, 0.3) is 16.8 Å². The Kier molecular flexibility index (Phi) is 5.99. The Morgan fingerprint density at radius 2 is 1.97 bits per heavy atom. The van der Waals surface area contributed by atoms with Crippen LogP contribution in [-0.2, 0) is 11.2 Å². The van der Waals surface area contributed by atoms with Crippen LogP contribution >= 0.6 is 11.8 Å². The molecule has 7 heteroatoms. The lowest BCUT2D eigenvalue weighted by Gasteiger charge is -2.06. The summed E-state index contributed by atoms with van der Waals surface area (Å²) >= 11 is 1.39. The number of ether oxygens (including phenoxy) is 1. The second kappa shape index (κ2) is 9.00. The molecule has 0 aliphatic heterocycles. The number of fused-ring (bicyclic) bond motifs is 1. The van der Waals surface area contributed by atoms with Crippen LogP contribution in [0.1, 0.15) is 12.5 Å². The van der Waals surface area contributed by atoms with E-state index in [2.05, 4.69) is 22.3 Å². The predicted octanol–water partition coefficient (Wildman–Crippen LogP) is 4.70. The monoisotopic (exact) mass is 418 g/mol. The maximum atomic E-state index is 12.4. The van der Waals surface area contributed by atoms with E-state index in [4.69, 9.17) is 4.74 Å². The molecule has 0 saturated carbocycles. The van der Waals surface area contributed by atoms with Crippen LogP contribution in [0.3, 0.4) is 0 Å². The molecule has 4 aromatic rings. The van der Waals surface area contributed by atoms with Gasteiger partial charge in [0.05, 0.1) is 24.1 Å². The third-order valence-electron chi connectivity index (χ3n) is 4.72. The van der Waals surface area contributed by atoms with Gasteiger partial charge in [0.15, 0.2) is 0 Å². The van der Waals surface area contributed by atoms with E-state index in [1.165, 1.54) is 17.3 Å². The van der Waals surface area contributed by atoms with E-state index in [1.807, 2.05) is 54.6 Å². The van der Waals surface area contributed by atoms with Gasteiger partial charge in [0.25, 0.3) is 0 Å². The van der Waals surface area contributed by atoms with Crippen LogP contribution < -0.4 is 10.1 Å². The molecule has 0 bridgehead atoms. The zero-order valence-electron chi connectivity index (χ0n) is 16.8. The molecule has 2 aromatic heterocycles. The molecular formula is C23H22N4O2S. The van der Waals surface area contributed by atoms with Gasteiger partial charge in [-0.15, -0.1) is 0 Å². The number of carbonyl (C=O) groups excluding carboxylic acids is 1. The number of hydrogen-bond donors (Lipinski definition) is 1. The van der Waals surface area contributed by atoms with Crippen molar-refractivity contribution in [3.8, 4) is 17.0 Å². The quantitative estimate of drug-likeness (QED) is 0.441. The Morgan fingerprint density at radius 3 is 2.73 bits per heavy atom. The molecule has 0 spiro atoms. The maximum Gasteiger partial charge on any atom is 0.234 e. The second-order valence-corrected chi connectivity index (χ2v) is 7.64. The van der Waals surface area contributed by atoms with Crippen molar-refractivity contribution in [2.45, 2.75) is 18.4 Å². The fraction of sp³-hybridized carbons (Fsp3) is 0.174. The van der Waals surface area contributed by atoms with Gasteiger partial charge in [-0.3, -0.25) is 4.79 Å². The zero-order valence-corrected chi connectivity index (χ0v) is 17.6. The van der Waals surface area contributed by atoms with Crippen molar-refractivity contribution < 1.29 is 9.53 Å². The second-order valence-electron chi connectivity index (χ2n) is 6.68. The van der Waals surface area contributed by atoms with Gasteiger partial charge < -0.3 is 10.1 Å². The highest BCUT2D eigenvalue weighted by Crippen LogP contribution is 2.31. The number of aryl methyl sites for hydroxylation is 1. The van der Waals surface area contributed by atoms with Crippen LogP contribution in [-0.4, -0.2) is 33.4 Å². The Hall–Kier alpha value is -3.32. The van der Waals surface area contributed by atoms with Crippen molar-refractivity contribution in [2.75, 3.05) is 18.2 Å². The van der Waals surface area contributed by atoms with E-state index in [1.54, 1.807) is 24.0 Å². The van der Waals surface area contributed by atoms with Gasteiger partial charge in [-0.25, -0.2) is 9.50 Å². The minimum absolute atomic E-state index is 0.0717. The molecule has 6 nitrogen and oxygen atoms in total. The van der Waals surface area contributed by atoms with Crippen molar-refractivity contribution in [2.24, 2.45) is 0 Å². The normalized spacial score (nSPS) is 10.9. The first-order valence-electron chi connectivity index (χ1n) is 9.67. The topological polar surface area (TPSA) is 68.5 Å². The molecule has 0 aliphatic rings. The van der Waals surface area contributed by atoms with E-state index in [0.717, 1.165) is 39.7 Å². The van der Waals surface area contributed by atoms with E-state index in [-0.39, 0.29) is 11.7 Å². The number of para-hydroxylation sites is 1. The van der Waals surface area contributed by atoms with E-state index < -0.39 is 0 Å². The van der Waals surface area contributed by atoms with Gasteiger partial charge >= 0.3 is 0 Å². The van der Waals surface area contributed by atoms with Crippen molar-refractivity contribution in [1.82, 2.24) is 14.6 Å². The largest absolute Gasteiger partial charge is 0.496 e. The van der Waals surface area contributed by atoms with E-state index in [0.29, 0.717) is 0 Å². The van der Waals surface area contributed by atoms with Crippen molar-refractivity contribution in [1.29, 1.82) is 0 Å². The average Bonchev–Trinajstić information content (AvgIpc) is 3.23. The van der Waals surface area contributed by atoms with Gasteiger partial charge in [-0.2, -0.15) is 5.10 Å². The molecule has 0 radical (unpaired) electrons. The molecule has 0 fully saturated rings. The molecular weight excluding hydrogens is 396 g/mol. The summed E-state index contributed by atoms with van der Waals surface area (Å²) in [5.41, 5.74) is 4.59. The first-order chi connectivity index (χ1) is 14.7. The highest BCUT2D eigenvalue weighted by atomic mass is 32.2. The average molecular weight is 419 g/mol. The van der Waals surface area contributed by atoms with Crippen LogP contribution in [0.15, 0.2) is 72.0 Å². The maximum absolute atomic E-state index is 12.4. The molecule has 2 heterocycles. The predicted molar refractivity (Wildman–Crippen MR) is 120 cm³/mol. The first-order valence-corrected chi connectivity index (χ1v) is 10.7. The Labute approximate surface area is 179 Å². The number of methoxy groups -OCH3 is 1. The van der Waals surface area contributed by atoms with Gasteiger partial charge in [0.2, 0.25) is 5.91 Å². The van der Waals surface area contributed by atoms with E-state index in [9.17, 15) is 4.79 Å². The molecule has 4 rings (SSSR count). The van der Waals surface area contributed by atoms with E-state index >= 15 is 0 Å². The Morgan fingerprint density at radius 1 is 1.17 bits per heavy atom. The first kappa shape index (κ1) is 20.0. The lowest BCUT2D eigenvalue weighted by molar-refractivity contribution is -0.113. The third kappa shape index (κ3) is 4.31. The minimum Gasteiger partial charge on any atom is -0.496 e. The number of amides is 1. The Balaban J connectivity index is 1.50. The fourth-order valence-corrected chi connectivity index (χ4v) is 3.93. The van der Waals surface area contributed by atoms with Gasteiger partial charge in [-0.05, 0) is 42.3 Å².